The SMILES string of the molecule is CC1CN(c2nc3ccccn3n2)CC(C)N1. The fraction of sp³-hybridized carbons (Fsp3) is 0.500. The van der Waals surface area contributed by atoms with Crippen LogP contribution in [0.5, 0.6) is 0 Å². The van der Waals surface area contributed by atoms with Crippen LogP contribution < -0.4 is 10.2 Å². The molecule has 1 aliphatic heterocycles. The van der Waals surface area contributed by atoms with Crippen molar-refractivity contribution in [1.82, 2.24) is 19.9 Å². The number of hydrogen-bond acceptors (Lipinski definition) is 4. The molecule has 1 saturated heterocycles. The Hall–Kier alpha value is -1.62. The molecule has 0 saturated carbocycles. The Morgan fingerprint density at radius 2 is 2.00 bits per heavy atom. The molecule has 17 heavy (non-hydrogen) atoms. The van der Waals surface area contributed by atoms with Crippen molar-refractivity contribution in [3.63, 3.8) is 0 Å². The van der Waals surface area contributed by atoms with E-state index in [4.69, 9.17) is 0 Å². The second-order valence-corrected chi connectivity index (χ2v) is 4.79. The van der Waals surface area contributed by atoms with E-state index >= 15 is 0 Å². The minimum absolute atomic E-state index is 0.477. The first-order chi connectivity index (χ1) is 8.22. The molecule has 5 nitrogen and oxygen atoms in total. The van der Waals surface area contributed by atoms with Crippen LogP contribution in [0.4, 0.5) is 5.95 Å². The maximum absolute atomic E-state index is 4.56. The first kappa shape index (κ1) is 10.5. The smallest absolute Gasteiger partial charge is 0.245 e. The Labute approximate surface area is 100 Å². The van der Waals surface area contributed by atoms with E-state index in [9.17, 15) is 0 Å². The van der Waals surface area contributed by atoms with Gasteiger partial charge in [-0.05, 0) is 26.0 Å². The van der Waals surface area contributed by atoms with Gasteiger partial charge in [-0.1, -0.05) is 6.07 Å². The zero-order chi connectivity index (χ0) is 11.8. The minimum atomic E-state index is 0.477. The summed E-state index contributed by atoms with van der Waals surface area (Å²) in [5.41, 5.74) is 0.904. The van der Waals surface area contributed by atoms with E-state index in [-0.39, 0.29) is 0 Å². The maximum atomic E-state index is 4.56. The number of rotatable bonds is 1. The molecule has 5 heteroatoms. The minimum Gasteiger partial charge on any atom is -0.336 e. The number of pyridine rings is 1. The van der Waals surface area contributed by atoms with Crippen molar-refractivity contribution in [1.29, 1.82) is 0 Å². The highest BCUT2D eigenvalue weighted by Gasteiger charge is 2.23. The number of fused-ring (bicyclic) bond motifs is 1. The summed E-state index contributed by atoms with van der Waals surface area (Å²) in [4.78, 5) is 6.80. The van der Waals surface area contributed by atoms with Gasteiger partial charge in [-0.2, -0.15) is 4.98 Å². The van der Waals surface area contributed by atoms with Crippen molar-refractivity contribution in [2.75, 3.05) is 18.0 Å². The Kier molecular flexibility index (Phi) is 2.48. The summed E-state index contributed by atoms with van der Waals surface area (Å²) < 4.78 is 1.83. The average molecular weight is 231 g/mol. The van der Waals surface area contributed by atoms with Crippen molar-refractivity contribution < 1.29 is 0 Å². The molecule has 0 aromatic carbocycles. The predicted molar refractivity (Wildman–Crippen MR) is 67.3 cm³/mol. The zero-order valence-corrected chi connectivity index (χ0v) is 10.2. The molecular weight excluding hydrogens is 214 g/mol. The molecule has 1 fully saturated rings. The van der Waals surface area contributed by atoms with Gasteiger partial charge < -0.3 is 10.2 Å². The van der Waals surface area contributed by atoms with E-state index in [1.807, 2.05) is 28.9 Å². The second-order valence-electron chi connectivity index (χ2n) is 4.79. The number of piperazine rings is 1. The summed E-state index contributed by atoms with van der Waals surface area (Å²) in [7, 11) is 0. The van der Waals surface area contributed by atoms with Crippen LogP contribution in [-0.2, 0) is 0 Å². The first-order valence-corrected chi connectivity index (χ1v) is 6.05. The Bertz CT molecular complexity index is 477. The van der Waals surface area contributed by atoms with Crippen molar-refractivity contribution in [2.24, 2.45) is 0 Å². The van der Waals surface area contributed by atoms with E-state index in [1.165, 1.54) is 0 Å². The summed E-state index contributed by atoms with van der Waals surface area (Å²) >= 11 is 0. The van der Waals surface area contributed by atoms with E-state index in [1.54, 1.807) is 0 Å². The number of nitrogens with zero attached hydrogens (tertiary/aromatic N) is 4. The number of nitrogens with one attached hydrogen (secondary N) is 1. The van der Waals surface area contributed by atoms with Gasteiger partial charge in [0.2, 0.25) is 5.95 Å². The third-order valence-electron chi connectivity index (χ3n) is 3.07. The molecule has 3 heterocycles. The van der Waals surface area contributed by atoms with Crippen LogP contribution in [0.1, 0.15) is 13.8 Å². The van der Waals surface area contributed by atoms with Gasteiger partial charge in [0.05, 0.1) is 0 Å². The van der Waals surface area contributed by atoms with Crippen LogP contribution in [0.3, 0.4) is 0 Å². The normalized spacial score (nSPS) is 25.4. The molecule has 2 atom stereocenters. The lowest BCUT2D eigenvalue weighted by Gasteiger charge is -2.35. The molecular formula is C12H17N5. The van der Waals surface area contributed by atoms with Crippen LogP contribution in [0.2, 0.25) is 0 Å². The Morgan fingerprint density at radius 3 is 2.71 bits per heavy atom. The number of anilines is 1. The number of aromatic nitrogens is 3. The Morgan fingerprint density at radius 1 is 1.24 bits per heavy atom. The summed E-state index contributed by atoms with van der Waals surface area (Å²) in [6.07, 6.45) is 1.93. The molecule has 3 rings (SSSR count). The van der Waals surface area contributed by atoms with Gasteiger partial charge in [-0.25, -0.2) is 4.52 Å². The number of hydrogen-bond donors (Lipinski definition) is 1. The van der Waals surface area contributed by atoms with Crippen LogP contribution in [0.25, 0.3) is 5.65 Å². The van der Waals surface area contributed by atoms with E-state index < -0.39 is 0 Å². The summed E-state index contributed by atoms with van der Waals surface area (Å²) in [6, 6.07) is 6.88. The summed E-state index contributed by atoms with van der Waals surface area (Å²) in [5, 5.41) is 8.02. The molecule has 2 unspecified atom stereocenters. The molecule has 1 N–H and O–H groups in total. The fourth-order valence-electron chi connectivity index (χ4n) is 2.44. The molecule has 0 bridgehead atoms. The zero-order valence-electron chi connectivity index (χ0n) is 10.2. The monoisotopic (exact) mass is 231 g/mol. The topological polar surface area (TPSA) is 45.5 Å². The molecule has 0 radical (unpaired) electrons. The fourth-order valence-corrected chi connectivity index (χ4v) is 2.44. The molecule has 1 aliphatic rings. The molecule has 0 spiro atoms. The van der Waals surface area contributed by atoms with Gasteiger partial charge in [0.25, 0.3) is 0 Å². The lowest BCUT2D eigenvalue weighted by atomic mass is 10.1. The summed E-state index contributed by atoms with van der Waals surface area (Å²) in [5.74, 6) is 0.830. The van der Waals surface area contributed by atoms with Crippen molar-refractivity contribution >= 4 is 11.6 Å². The molecule has 2 aromatic rings. The molecule has 0 aliphatic carbocycles. The predicted octanol–water partition coefficient (Wildman–Crippen LogP) is 0.916. The average Bonchev–Trinajstić information content (AvgIpc) is 2.71. The van der Waals surface area contributed by atoms with Crippen LogP contribution in [0, 0.1) is 0 Å². The molecule has 90 valence electrons. The molecule has 0 amide bonds. The van der Waals surface area contributed by atoms with Crippen LogP contribution in [0.15, 0.2) is 24.4 Å². The van der Waals surface area contributed by atoms with Crippen molar-refractivity contribution in [3.05, 3.63) is 24.4 Å². The second kappa shape index (κ2) is 4.00. The largest absolute Gasteiger partial charge is 0.336 e. The first-order valence-electron chi connectivity index (χ1n) is 6.05. The maximum Gasteiger partial charge on any atom is 0.245 e. The standard InChI is InChI=1S/C12H17N5/c1-9-7-16(8-10(2)13-9)12-14-11-5-3-4-6-17(11)15-12/h3-6,9-10,13H,7-8H2,1-2H3. The van der Waals surface area contributed by atoms with Crippen LogP contribution >= 0.6 is 0 Å². The summed E-state index contributed by atoms with van der Waals surface area (Å²) in [6.45, 7) is 6.30. The lowest BCUT2D eigenvalue weighted by molar-refractivity contribution is 0.403. The van der Waals surface area contributed by atoms with Crippen LogP contribution in [-0.4, -0.2) is 39.8 Å². The van der Waals surface area contributed by atoms with Gasteiger partial charge in [0.15, 0.2) is 5.65 Å². The quantitative estimate of drug-likeness (QED) is 0.792. The highest BCUT2D eigenvalue weighted by molar-refractivity contribution is 5.44. The third kappa shape index (κ3) is 1.98. The lowest BCUT2D eigenvalue weighted by Crippen LogP contribution is -2.54. The highest BCUT2D eigenvalue weighted by atomic mass is 15.4. The van der Waals surface area contributed by atoms with Crippen molar-refractivity contribution in [2.45, 2.75) is 25.9 Å². The van der Waals surface area contributed by atoms with E-state index in [2.05, 4.69) is 34.1 Å². The highest BCUT2D eigenvalue weighted by Crippen LogP contribution is 2.14. The van der Waals surface area contributed by atoms with Gasteiger partial charge in [-0.3, -0.25) is 0 Å². The Balaban J connectivity index is 1.92. The van der Waals surface area contributed by atoms with E-state index in [0.717, 1.165) is 24.7 Å². The van der Waals surface area contributed by atoms with Gasteiger partial charge >= 0.3 is 0 Å². The van der Waals surface area contributed by atoms with Gasteiger partial charge in [0.1, 0.15) is 0 Å². The van der Waals surface area contributed by atoms with Gasteiger partial charge in [0, 0.05) is 31.4 Å². The third-order valence-corrected chi connectivity index (χ3v) is 3.07. The van der Waals surface area contributed by atoms with E-state index in [0.29, 0.717) is 12.1 Å². The van der Waals surface area contributed by atoms with Crippen molar-refractivity contribution in [3.8, 4) is 0 Å². The van der Waals surface area contributed by atoms with Gasteiger partial charge in [-0.15, -0.1) is 5.10 Å². The molecule has 2 aromatic heterocycles.